The summed E-state index contributed by atoms with van der Waals surface area (Å²) in [7, 11) is 1.30. The van der Waals surface area contributed by atoms with Gasteiger partial charge in [0.2, 0.25) is 5.91 Å². The lowest BCUT2D eigenvalue weighted by atomic mass is 10.0. The number of nitrogens with zero attached hydrogens (tertiary/aromatic N) is 1. The quantitative estimate of drug-likeness (QED) is 0.0291. The van der Waals surface area contributed by atoms with Gasteiger partial charge in [-0.15, -0.1) is 0 Å². The Bertz CT molecular complexity index is 804. The van der Waals surface area contributed by atoms with Crippen molar-refractivity contribution in [3.63, 3.8) is 0 Å². The highest BCUT2D eigenvalue weighted by atomic mass is 31.2. The number of amides is 1. The van der Waals surface area contributed by atoms with Gasteiger partial charge in [0.05, 0.1) is 39.9 Å². The van der Waals surface area contributed by atoms with Crippen LogP contribution < -0.4 is 10.2 Å². The van der Waals surface area contributed by atoms with Gasteiger partial charge in [-0.2, -0.15) is 0 Å². The van der Waals surface area contributed by atoms with Crippen LogP contribution in [-0.4, -0.2) is 68.5 Å². The zero-order chi connectivity index (χ0) is 35.8. The summed E-state index contributed by atoms with van der Waals surface area (Å²) in [6.45, 7) is 4.62. The zero-order valence-electron chi connectivity index (χ0n) is 32.2. The second kappa shape index (κ2) is 32.2. The van der Waals surface area contributed by atoms with Crippen LogP contribution in [-0.2, 0) is 18.4 Å². The van der Waals surface area contributed by atoms with E-state index < -0.39 is 20.0 Å². The van der Waals surface area contributed by atoms with E-state index in [2.05, 4.69) is 31.3 Å². The van der Waals surface area contributed by atoms with Crippen LogP contribution in [0.25, 0.3) is 0 Å². The Balaban J connectivity index is 4.09. The van der Waals surface area contributed by atoms with Crippen molar-refractivity contribution < 1.29 is 32.9 Å². The number of hydrogen-bond acceptors (Lipinski definition) is 6. The van der Waals surface area contributed by atoms with E-state index in [1.165, 1.54) is 103 Å². The van der Waals surface area contributed by atoms with Crippen molar-refractivity contribution in [1.82, 2.24) is 5.32 Å². The van der Waals surface area contributed by atoms with Crippen LogP contribution in [0.5, 0.6) is 0 Å². The molecule has 0 spiro atoms. The molecule has 0 heterocycles. The summed E-state index contributed by atoms with van der Waals surface area (Å²) in [5.41, 5.74) is 0. The van der Waals surface area contributed by atoms with E-state index >= 15 is 0 Å². The molecule has 0 aliphatic carbocycles. The molecule has 2 N–H and O–H groups in total. The SMILES string of the molecule is CCCCCCCCCC/C=C\CCCCCCCCCCCC(=O)NC(COP(=O)([O-])OCC[N+](C)(C)C)C(O)CCCCCCC. The number of carbonyl (C=O) groups is 1. The molecule has 0 saturated heterocycles. The number of nitrogens with one attached hydrogen (secondary N) is 1. The fourth-order valence-electron chi connectivity index (χ4n) is 5.74. The van der Waals surface area contributed by atoms with E-state index in [0.29, 0.717) is 23.9 Å². The van der Waals surface area contributed by atoms with Gasteiger partial charge in [0, 0.05) is 6.42 Å². The average Bonchev–Trinajstić information content (AvgIpc) is 3.02. The van der Waals surface area contributed by atoms with Crippen molar-refractivity contribution in [2.24, 2.45) is 0 Å². The van der Waals surface area contributed by atoms with Gasteiger partial charge in [-0.3, -0.25) is 9.36 Å². The van der Waals surface area contributed by atoms with E-state index in [-0.39, 0.29) is 19.1 Å². The van der Waals surface area contributed by atoms with Gasteiger partial charge in [-0.25, -0.2) is 0 Å². The summed E-state index contributed by atoms with van der Waals surface area (Å²) in [5, 5.41) is 13.7. The van der Waals surface area contributed by atoms with Gasteiger partial charge in [0.25, 0.3) is 7.82 Å². The maximum Gasteiger partial charge on any atom is 0.268 e. The highest BCUT2D eigenvalue weighted by molar-refractivity contribution is 7.45. The van der Waals surface area contributed by atoms with Crippen LogP contribution in [0, 0.1) is 0 Å². The minimum Gasteiger partial charge on any atom is -0.756 e. The molecular weight excluding hydrogens is 623 g/mol. The molecule has 1 amide bonds. The molecule has 3 atom stereocenters. The maximum absolute atomic E-state index is 12.7. The Morgan fingerprint density at radius 3 is 1.62 bits per heavy atom. The summed E-state index contributed by atoms with van der Waals surface area (Å²) in [5.74, 6) is -0.174. The minimum atomic E-state index is -4.54. The molecule has 48 heavy (non-hydrogen) atoms. The summed E-state index contributed by atoms with van der Waals surface area (Å²) < 4.78 is 23.0. The largest absolute Gasteiger partial charge is 0.756 e. The first-order chi connectivity index (χ1) is 23.0. The summed E-state index contributed by atoms with van der Waals surface area (Å²) in [4.78, 5) is 25.0. The Hall–Kier alpha value is -0.760. The Morgan fingerprint density at radius 2 is 1.15 bits per heavy atom. The van der Waals surface area contributed by atoms with E-state index in [4.69, 9.17) is 9.05 Å². The average molecular weight is 703 g/mol. The van der Waals surface area contributed by atoms with E-state index in [1.807, 2.05) is 21.1 Å². The number of hydrogen-bond donors (Lipinski definition) is 2. The highest BCUT2D eigenvalue weighted by Gasteiger charge is 2.24. The molecule has 0 aliphatic heterocycles. The topological polar surface area (TPSA) is 108 Å². The zero-order valence-corrected chi connectivity index (χ0v) is 33.1. The van der Waals surface area contributed by atoms with Crippen molar-refractivity contribution in [3.8, 4) is 0 Å². The molecule has 0 aliphatic rings. The lowest BCUT2D eigenvalue weighted by molar-refractivity contribution is -0.870. The van der Waals surface area contributed by atoms with Gasteiger partial charge in [0.1, 0.15) is 13.2 Å². The van der Waals surface area contributed by atoms with Crippen LogP contribution in [0.3, 0.4) is 0 Å². The predicted molar refractivity (Wildman–Crippen MR) is 201 cm³/mol. The third kappa shape index (κ3) is 33.7. The fraction of sp³-hybridized carbons (Fsp3) is 0.923. The molecule has 286 valence electrons. The summed E-state index contributed by atoms with van der Waals surface area (Å²) in [6.07, 6.45) is 34.0. The first kappa shape index (κ1) is 47.2. The van der Waals surface area contributed by atoms with Crippen molar-refractivity contribution >= 4 is 13.7 Å². The number of likely N-dealkylation sites (N-methyl/N-ethyl adjacent to an activating group) is 1. The van der Waals surface area contributed by atoms with Crippen LogP contribution in [0.4, 0.5) is 0 Å². The molecule has 0 saturated carbocycles. The predicted octanol–water partition coefficient (Wildman–Crippen LogP) is 9.78. The maximum atomic E-state index is 12.7. The lowest BCUT2D eigenvalue weighted by Gasteiger charge is -2.30. The molecule has 0 rings (SSSR count). The van der Waals surface area contributed by atoms with Gasteiger partial charge >= 0.3 is 0 Å². The second-order valence-corrected chi connectivity index (χ2v) is 16.4. The first-order valence-corrected chi connectivity index (χ1v) is 21.5. The summed E-state index contributed by atoms with van der Waals surface area (Å²) >= 11 is 0. The molecule has 9 heteroatoms. The highest BCUT2D eigenvalue weighted by Crippen LogP contribution is 2.38. The number of unbranched alkanes of at least 4 members (excludes halogenated alkanes) is 21. The molecular formula is C39H79N2O6P. The number of phosphoric ester groups is 1. The molecule has 0 aromatic heterocycles. The Morgan fingerprint density at radius 1 is 0.708 bits per heavy atom. The van der Waals surface area contributed by atoms with Crippen molar-refractivity contribution in [3.05, 3.63) is 12.2 Å². The lowest BCUT2D eigenvalue weighted by Crippen LogP contribution is -2.46. The molecule has 0 aromatic rings. The minimum absolute atomic E-state index is 0.0123. The molecule has 8 nitrogen and oxygen atoms in total. The molecule has 3 unspecified atom stereocenters. The third-order valence-electron chi connectivity index (χ3n) is 9.00. The van der Waals surface area contributed by atoms with Crippen molar-refractivity contribution in [2.45, 2.75) is 193 Å². The number of phosphoric acid groups is 1. The normalized spacial score (nSPS) is 14.7. The van der Waals surface area contributed by atoms with E-state index in [0.717, 1.165) is 51.4 Å². The third-order valence-corrected chi connectivity index (χ3v) is 9.97. The van der Waals surface area contributed by atoms with Crippen LogP contribution in [0.15, 0.2) is 12.2 Å². The smallest absolute Gasteiger partial charge is 0.268 e. The number of rotatable bonds is 36. The molecule has 0 aromatic carbocycles. The van der Waals surface area contributed by atoms with E-state index in [1.54, 1.807) is 0 Å². The Labute approximate surface area is 297 Å². The van der Waals surface area contributed by atoms with Crippen molar-refractivity contribution in [2.75, 3.05) is 40.9 Å². The van der Waals surface area contributed by atoms with Gasteiger partial charge in [-0.1, -0.05) is 148 Å². The number of aliphatic hydroxyl groups is 1. The number of aliphatic hydroxyl groups excluding tert-OH is 1. The van der Waals surface area contributed by atoms with Gasteiger partial charge < -0.3 is 28.8 Å². The molecule has 0 radical (unpaired) electrons. The second-order valence-electron chi connectivity index (χ2n) is 15.0. The standard InChI is InChI=1S/C39H79N2O6P/c1-6-8-10-12-13-14-15-16-17-18-19-20-21-22-23-24-25-26-27-29-31-33-39(43)40-37(38(42)32-30-28-11-9-7-2)36-47-48(44,45)46-35-34-41(3,4)5/h18-19,37-38,42H,6-17,20-36H2,1-5H3,(H-,40,43,44,45)/b19-18-. The Kier molecular flexibility index (Phi) is 31.7. The van der Waals surface area contributed by atoms with E-state index in [9.17, 15) is 19.4 Å². The fourth-order valence-corrected chi connectivity index (χ4v) is 6.46. The van der Waals surface area contributed by atoms with Gasteiger partial charge in [0.15, 0.2) is 0 Å². The number of allylic oxidation sites excluding steroid dienone is 2. The number of carbonyl (C=O) groups excluding carboxylic acids is 1. The van der Waals surface area contributed by atoms with Gasteiger partial charge in [-0.05, 0) is 38.5 Å². The first-order valence-electron chi connectivity index (χ1n) is 20.0. The molecule has 0 fully saturated rings. The van der Waals surface area contributed by atoms with Crippen LogP contribution in [0.1, 0.15) is 181 Å². The number of quaternary nitrogens is 1. The van der Waals surface area contributed by atoms with Crippen molar-refractivity contribution in [1.29, 1.82) is 0 Å². The van der Waals surface area contributed by atoms with Crippen LogP contribution >= 0.6 is 7.82 Å². The molecule has 0 bridgehead atoms. The monoisotopic (exact) mass is 703 g/mol. The summed E-state index contributed by atoms with van der Waals surface area (Å²) in [6, 6.07) is -0.793. The van der Waals surface area contributed by atoms with Crippen LogP contribution in [0.2, 0.25) is 0 Å².